The van der Waals surface area contributed by atoms with Gasteiger partial charge in [-0.1, -0.05) is 34.8 Å². The predicted octanol–water partition coefficient (Wildman–Crippen LogP) is 3.92. The van der Waals surface area contributed by atoms with Crippen molar-refractivity contribution in [2.24, 2.45) is 0 Å². The van der Waals surface area contributed by atoms with Gasteiger partial charge >= 0.3 is 5.97 Å². The third-order valence-corrected chi connectivity index (χ3v) is 5.91. The van der Waals surface area contributed by atoms with Crippen LogP contribution in [0.1, 0.15) is 47.5 Å². The zero-order valence-corrected chi connectivity index (χ0v) is 18.7. The largest absolute Gasteiger partial charge is 0.462 e. The summed E-state index contributed by atoms with van der Waals surface area (Å²) < 4.78 is 3.38. The van der Waals surface area contributed by atoms with Gasteiger partial charge in [0.25, 0.3) is 0 Å². The number of carbonyl (C=O) groups is 2. The maximum absolute atomic E-state index is 12.5. The molecule has 1 aromatic rings. The van der Waals surface area contributed by atoms with Gasteiger partial charge in [-0.25, -0.2) is 4.79 Å². The zero-order chi connectivity index (χ0) is 20.2. The van der Waals surface area contributed by atoms with Crippen molar-refractivity contribution in [3.05, 3.63) is 16.0 Å². The molecule has 1 aliphatic carbocycles. The van der Waals surface area contributed by atoms with Crippen molar-refractivity contribution >= 4 is 80.3 Å². The number of rotatable bonds is 5. The SMILES string of the molecule is CCOC(=O)c1c(NC(=S)N[C@H](NC(C)=O)C(Cl)(Cl)Cl)sc2c1CCCC2. The number of hydrogen-bond acceptors (Lipinski definition) is 5. The van der Waals surface area contributed by atoms with E-state index < -0.39 is 9.96 Å². The first-order valence-corrected chi connectivity index (χ1v) is 10.7. The van der Waals surface area contributed by atoms with Crippen LogP contribution >= 0.6 is 58.4 Å². The highest BCUT2D eigenvalue weighted by Crippen LogP contribution is 2.38. The molecule has 0 spiro atoms. The molecule has 0 aliphatic heterocycles. The number of thiophene rings is 1. The van der Waals surface area contributed by atoms with Crippen LogP contribution in [0.4, 0.5) is 5.00 Å². The average molecular weight is 473 g/mol. The minimum Gasteiger partial charge on any atom is -0.462 e. The molecule has 0 saturated carbocycles. The summed E-state index contributed by atoms with van der Waals surface area (Å²) in [5.41, 5.74) is 1.51. The molecule has 0 bridgehead atoms. The molecule has 0 unspecified atom stereocenters. The fraction of sp³-hybridized carbons (Fsp3) is 0.562. The van der Waals surface area contributed by atoms with E-state index in [2.05, 4.69) is 16.0 Å². The lowest BCUT2D eigenvalue weighted by Gasteiger charge is -2.27. The molecule has 3 N–H and O–H groups in total. The molecule has 0 aromatic carbocycles. The van der Waals surface area contributed by atoms with Crippen LogP contribution < -0.4 is 16.0 Å². The highest BCUT2D eigenvalue weighted by molar-refractivity contribution is 7.80. The lowest BCUT2D eigenvalue weighted by atomic mass is 9.95. The van der Waals surface area contributed by atoms with Gasteiger partial charge in [0.2, 0.25) is 9.70 Å². The van der Waals surface area contributed by atoms with Crippen molar-refractivity contribution in [3.8, 4) is 0 Å². The fourth-order valence-corrected chi connectivity index (χ4v) is 4.64. The number of ether oxygens (including phenoxy) is 1. The molecule has 1 amide bonds. The van der Waals surface area contributed by atoms with Gasteiger partial charge in [-0.15, -0.1) is 11.3 Å². The Morgan fingerprint density at radius 1 is 1.26 bits per heavy atom. The topological polar surface area (TPSA) is 79.5 Å². The summed E-state index contributed by atoms with van der Waals surface area (Å²) >= 11 is 24.4. The Balaban J connectivity index is 2.22. The number of aryl methyl sites for hydroxylation is 1. The van der Waals surface area contributed by atoms with Gasteiger partial charge in [-0.3, -0.25) is 4.79 Å². The molecule has 27 heavy (non-hydrogen) atoms. The number of nitrogens with one attached hydrogen (secondary N) is 3. The lowest BCUT2D eigenvalue weighted by molar-refractivity contribution is -0.119. The second kappa shape index (κ2) is 9.60. The Labute approximate surface area is 182 Å². The molecule has 1 heterocycles. The van der Waals surface area contributed by atoms with Crippen molar-refractivity contribution in [2.75, 3.05) is 11.9 Å². The highest BCUT2D eigenvalue weighted by atomic mass is 35.6. The smallest absolute Gasteiger partial charge is 0.341 e. The summed E-state index contributed by atoms with van der Waals surface area (Å²) in [6.07, 6.45) is 2.80. The van der Waals surface area contributed by atoms with Crippen LogP contribution in [0.3, 0.4) is 0 Å². The number of anilines is 1. The zero-order valence-electron chi connectivity index (χ0n) is 14.8. The average Bonchev–Trinajstić information content (AvgIpc) is 2.90. The fourth-order valence-electron chi connectivity index (χ4n) is 2.75. The lowest BCUT2D eigenvalue weighted by Crippen LogP contribution is -2.55. The van der Waals surface area contributed by atoms with E-state index in [9.17, 15) is 9.59 Å². The Bertz CT molecular complexity index is 734. The Kier molecular flexibility index (Phi) is 8.00. The molecule has 0 saturated heterocycles. The summed E-state index contributed by atoms with van der Waals surface area (Å²) in [7, 11) is 0. The van der Waals surface area contributed by atoms with Gasteiger partial charge in [-0.05, 0) is 50.4 Å². The third kappa shape index (κ3) is 6.09. The molecule has 150 valence electrons. The normalized spacial score (nSPS) is 14.7. The molecular weight excluding hydrogens is 453 g/mol. The summed E-state index contributed by atoms with van der Waals surface area (Å²) in [4.78, 5) is 25.0. The minimum atomic E-state index is -1.82. The van der Waals surface area contributed by atoms with Gasteiger partial charge in [0, 0.05) is 11.8 Å². The number of esters is 1. The first kappa shape index (κ1) is 22.5. The predicted molar refractivity (Wildman–Crippen MR) is 114 cm³/mol. The molecule has 0 fully saturated rings. The molecular formula is C16H20Cl3N3O3S2. The number of thiocarbonyl (C=S) groups is 1. The van der Waals surface area contributed by atoms with Gasteiger partial charge in [-0.2, -0.15) is 0 Å². The maximum Gasteiger partial charge on any atom is 0.341 e. The molecule has 1 aromatic heterocycles. The van der Waals surface area contributed by atoms with Crippen LogP contribution in [0.15, 0.2) is 0 Å². The minimum absolute atomic E-state index is 0.115. The second-order valence-corrected chi connectivity index (χ2v) is 9.79. The summed E-state index contributed by atoms with van der Waals surface area (Å²) in [6, 6.07) is 0. The van der Waals surface area contributed by atoms with E-state index in [1.165, 1.54) is 18.3 Å². The van der Waals surface area contributed by atoms with Crippen molar-refractivity contribution in [1.82, 2.24) is 10.6 Å². The summed E-state index contributed by atoms with van der Waals surface area (Å²) in [5, 5.41) is 8.94. The van der Waals surface area contributed by atoms with E-state index in [0.29, 0.717) is 10.6 Å². The number of fused-ring (bicyclic) bond motifs is 1. The van der Waals surface area contributed by atoms with Crippen molar-refractivity contribution < 1.29 is 14.3 Å². The molecule has 11 heteroatoms. The van der Waals surface area contributed by atoms with Crippen LogP contribution in [-0.2, 0) is 22.4 Å². The van der Waals surface area contributed by atoms with Crippen LogP contribution in [0.5, 0.6) is 0 Å². The monoisotopic (exact) mass is 471 g/mol. The van der Waals surface area contributed by atoms with Crippen molar-refractivity contribution in [2.45, 2.75) is 49.5 Å². The maximum atomic E-state index is 12.5. The summed E-state index contributed by atoms with van der Waals surface area (Å²) in [5.74, 6) is -0.776. The van der Waals surface area contributed by atoms with Gasteiger partial charge in [0.1, 0.15) is 11.2 Å². The third-order valence-electron chi connectivity index (χ3n) is 3.83. The van der Waals surface area contributed by atoms with E-state index >= 15 is 0 Å². The Morgan fingerprint density at radius 3 is 2.52 bits per heavy atom. The Morgan fingerprint density at radius 2 is 1.93 bits per heavy atom. The first-order valence-electron chi connectivity index (χ1n) is 8.36. The number of halogens is 3. The van der Waals surface area contributed by atoms with E-state index in [1.54, 1.807) is 6.92 Å². The first-order chi connectivity index (χ1) is 12.6. The van der Waals surface area contributed by atoms with Crippen molar-refractivity contribution in [1.29, 1.82) is 0 Å². The van der Waals surface area contributed by atoms with E-state index in [4.69, 9.17) is 51.8 Å². The van der Waals surface area contributed by atoms with Gasteiger partial charge < -0.3 is 20.7 Å². The van der Waals surface area contributed by atoms with Crippen molar-refractivity contribution in [3.63, 3.8) is 0 Å². The number of carbonyl (C=O) groups excluding carboxylic acids is 2. The quantitative estimate of drug-likeness (QED) is 0.261. The van der Waals surface area contributed by atoms with Gasteiger partial charge in [0.15, 0.2) is 5.11 Å². The van der Waals surface area contributed by atoms with Crippen LogP contribution in [0.2, 0.25) is 0 Å². The van der Waals surface area contributed by atoms with Crippen LogP contribution in [-0.4, -0.2) is 33.6 Å². The van der Waals surface area contributed by atoms with E-state index in [0.717, 1.165) is 36.1 Å². The molecule has 2 rings (SSSR count). The van der Waals surface area contributed by atoms with E-state index in [-0.39, 0.29) is 23.6 Å². The Hall–Kier alpha value is -0.800. The van der Waals surface area contributed by atoms with Crippen LogP contribution in [0.25, 0.3) is 0 Å². The summed E-state index contributed by atoms with van der Waals surface area (Å²) in [6.45, 7) is 3.34. The molecule has 1 aliphatic rings. The standard InChI is InChI=1S/C16H20Cl3N3O3S2/c1-3-25-13(24)11-9-6-4-5-7-10(9)27-12(11)21-15(26)22-14(16(17,18)19)20-8(2)23/h14H,3-7H2,1-2H3,(H,20,23)(H2,21,22,26)/t14-/m0/s1. The molecule has 6 nitrogen and oxygen atoms in total. The molecule has 0 radical (unpaired) electrons. The second-order valence-electron chi connectivity index (χ2n) is 5.91. The number of amides is 1. The highest BCUT2D eigenvalue weighted by Gasteiger charge is 2.34. The number of hydrogen-bond donors (Lipinski definition) is 3. The van der Waals surface area contributed by atoms with E-state index in [1.807, 2.05) is 0 Å². The molecule has 1 atom stereocenters. The number of alkyl halides is 3. The van der Waals surface area contributed by atoms with Crippen LogP contribution in [0, 0.1) is 0 Å². The van der Waals surface area contributed by atoms with Gasteiger partial charge in [0.05, 0.1) is 12.2 Å².